The van der Waals surface area contributed by atoms with Crippen LogP contribution in [0.4, 0.5) is 4.79 Å². The topological polar surface area (TPSA) is 90.5 Å². The normalized spacial score (nSPS) is 36.0. The van der Waals surface area contributed by atoms with E-state index >= 15 is 0 Å². The molecule has 1 heterocycles. The summed E-state index contributed by atoms with van der Waals surface area (Å²) < 4.78 is 0. The van der Waals surface area contributed by atoms with Crippen molar-refractivity contribution in [3.63, 3.8) is 0 Å². The molecule has 0 aromatic heterocycles. The summed E-state index contributed by atoms with van der Waals surface area (Å²) in [5.41, 5.74) is 2.68. The van der Waals surface area contributed by atoms with Crippen LogP contribution < -0.4 is 16.1 Å². The highest BCUT2D eigenvalue weighted by molar-refractivity contribution is 6.07. The third-order valence-corrected chi connectivity index (χ3v) is 7.92. The standard InChI is InChI=1S/C24H32N4O3/c1-23(8-7-16-5-3-2-4-6-16)21(30)28(22(31)26-23)27-20(29)15-25-24-12-17-9-18(13-24)11-19(10-17)14-24/h2-6,17-19,25H,7-15H2,1H3,(H,26,31)(H,27,29)/t17?,18?,19?,23-,24?/m0/s1. The maximum absolute atomic E-state index is 12.9. The maximum atomic E-state index is 12.9. The Bertz CT molecular complexity index is 851. The molecule has 0 spiro atoms. The minimum absolute atomic E-state index is 0.0631. The van der Waals surface area contributed by atoms with Crippen molar-refractivity contribution in [2.45, 2.75) is 69.4 Å². The van der Waals surface area contributed by atoms with Crippen LogP contribution in [0.25, 0.3) is 0 Å². The van der Waals surface area contributed by atoms with Gasteiger partial charge >= 0.3 is 6.03 Å². The molecule has 31 heavy (non-hydrogen) atoms. The third kappa shape index (κ3) is 3.95. The molecule has 3 N–H and O–H groups in total. The highest BCUT2D eigenvalue weighted by atomic mass is 16.2. The van der Waals surface area contributed by atoms with Crippen LogP contribution in [0.5, 0.6) is 0 Å². The molecule has 4 aliphatic carbocycles. The first kappa shape index (κ1) is 20.5. The molecule has 4 bridgehead atoms. The van der Waals surface area contributed by atoms with Gasteiger partial charge in [-0.2, -0.15) is 5.01 Å². The zero-order chi connectivity index (χ0) is 21.6. The number of aryl methyl sites for hydroxylation is 1. The number of hydrazine groups is 1. The lowest BCUT2D eigenvalue weighted by Gasteiger charge is -2.57. The summed E-state index contributed by atoms with van der Waals surface area (Å²) in [6.07, 6.45) is 8.61. The number of amides is 4. The minimum Gasteiger partial charge on any atom is -0.322 e. The molecule has 6 rings (SSSR count). The number of urea groups is 1. The molecule has 5 aliphatic rings. The van der Waals surface area contributed by atoms with Gasteiger partial charge in [-0.25, -0.2) is 4.79 Å². The van der Waals surface area contributed by atoms with Gasteiger partial charge in [0.05, 0.1) is 6.54 Å². The molecular formula is C24H32N4O3. The fraction of sp³-hybridized carbons (Fsp3) is 0.625. The number of imide groups is 1. The average molecular weight is 425 g/mol. The Balaban J connectivity index is 1.16. The van der Waals surface area contributed by atoms with Crippen LogP contribution in [0.3, 0.4) is 0 Å². The molecule has 1 saturated heterocycles. The van der Waals surface area contributed by atoms with E-state index in [9.17, 15) is 14.4 Å². The Labute approximate surface area is 183 Å². The smallest absolute Gasteiger partial charge is 0.322 e. The summed E-state index contributed by atoms with van der Waals surface area (Å²) in [7, 11) is 0. The molecule has 1 atom stereocenters. The van der Waals surface area contributed by atoms with Crippen molar-refractivity contribution < 1.29 is 14.4 Å². The van der Waals surface area contributed by atoms with E-state index in [0.717, 1.165) is 47.6 Å². The number of nitrogens with one attached hydrogen (secondary N) is 3. The van der Waals surface area contributed by atoms with E-state index in [1.807, 2.05) is 30.3 Å². The second-order valence-electron chi connectivity index (χ2n) is 10.5. The van der Waals surface area contributed by atoms with Gasteiger partial charge in [0, 0.05) is 5.54 Å². The van der Waals surface area contributed by atoms with Gasteiger partial charge < -0.3 is 10.6 Å². The largest absolute Gasteiger partial charge is 0.344 e. The van der Waals surface area contributed by atoms with Crippen LogP contribution in [-0.2, 0) is 16.0 Å². The van der Waals surface area contributed by atoms with Crippen LogP contribution in [-0.4, -0.2) is 40.5 Å². The zero-order valence-corrected chi connectivity index (χ0v) is 18.2. The Kier molecular flexibility index (Phi) is 5.04. The molecule has 1 aromatic carbocycles. The second-order valence-corrected chi connectivity index (χ2v) is 10.5. The van der Waals surface area contributed by atoms with Gasteiger partial charge in [0.1, 0.15) is 5.54 Å². The third-order valence-electron chi connectivity index (χ3n) is 7.92. The quantitative estimate of drug-likeness (QED) is 0.587. The molecule has 1 aliphatic heterocycles. The molecule has 7 nitrogen and oxygen atoms in total. The number of carbonyl (C=O) groups excluding carboxylic acids is 3. The summed E-state index contributed by atoms with van der Waals surface area (Å²) in [4.78, 5) is 38.0. The Morgan fingerprint density at radius 2 is 1.68 bits per heavy atom. The van der Waals surface area contributed by atoms with Crippen LogP contribution in [0.2, 0.25) is 0 Å². The molecule has 166 valence electrons. The molecule has 4 amide bonds. The van der Waals surface area contributed by atoms with Crippen LogP contribution in [0, 0.1) is 17.8 Å². The number of benzene rings is 1. The zero-order valence-electron chi connectivity index (χ0n) is 18.2. The fourth-order valence-corrected chi connectivity index (χ4v) is 6.75. The lowest BCUT2D eigenvalue weighted by Crippen LogP contribution is -2.60. The first-order valence-corrected chi connectivity index (χ1v) is 11.6. The van der Waals surface area contributed by atoms with Gasteiger partial charge in [-0.3, -0.25) is 15.0 Å². The first-order valence-electron chi connectivity index (χ1n) is 11.6. The summed E-state index contributed by atoms with van der Waals surface area (Å²) in [5, 5.41) is 7.13. The van der Waals surface area contributed by atoms with Gasteiger partial charge in [-0.1, -0.05) is 30.3 Å². The second kappa shape index (κ2) is 7.62. The van der Waals surface area contributed by atoms with Gasteiger partial charge in [-0.15, -0.1) is 0 Å². The number of carbonyl (C=O) groups is 3. The summed E-state index contributed by atoms with van der Waals surface area (Å²) in [5.74, 6) is 1.62. The Morgan fingerprint density at radius 3 is 2.29 bits per heavy atom. The Hall–Kier alpha value is -2.41. The van der Waals surface area contributed by atoms with Gasteiger partial charge in [-0.05, 0) is 81.6 Å². The van der Waals surface area contributed by atoms with E-state index in [1.54, 1.807) is 6.92 Å². The summed E-state index contributed by atoms with van der Waals surface area (Å²) >= 11 is 0. The van der Waals surface area contributed by atoms with E-state index < -0.39 is 17.5 Å². The molecular weight excluding hydrogens is 392 g/mol. The number of nitrogens with zero attached hydrogens (tertiary/aromatic N) is 1. The predicted molar refractivity (Wildman–Crippen MR) is 116 cm³/mol. The molecule has 7 heteroatoms. The fourth-order valence-electron chi connectivity index (χ4n) is 6.75. The molecule has 5 fully saturated rings. The number of hydrogen-bond acceptors (Lipinski definition) is 4. The van der Waals surface area contributed by atoms with Crippen LogP contribution in [0.1, 0.15) is 57.4 Å². The minimum atomic E-state index is -1.02. The Morgan fingerprint density at radius 1 is 1.06 bits per heavy atom. The summed E-state index contributed by atoms with van der Waals surface area (Å²) in [6.45, 7) is 1.85. The predicted octanol–water partition coefficient (Wildman–Crippen LogP) is 2.52. The van der Waals surface area contributed by atoms with E-state index in [2.05, 4.69) is 16.1 Å². The van der Waals surface area contributed by atoms with Crippen molar-refractivity contribution in [3.8, 4) is 0 Å². The van der Waals surface area contributed by atoms with E-state index in [0.29, 0.717) is 12.8 Å². The molecule has 4 saturated carbocycles. The SMILES string of the molecule is C[C@@]1(CCc2ccccc2)NC(=O)N(NC(=O)CNC23CC4CC(CC(C4)C2)C3)C1=O. The van der Waals surface area contributed by atoms with Crippen molar-refractivity contribution in [1.82, 2.24) is 21.1 Å². The van der Waals surface area contributed by atoms with Crippen molar-refractivity contribution >= 4 is 17.8 Å². The highest BCUT2D eigenvalue weighted by Gasteiger charge is 2.51. The lowest BCUT2D eigenvalue weighted by molar-refractivity contribution is -0.138. The van der Waals surface area contributed by atoms with Gasteiger partial charge in [0.2, 0.25) is 0 Å². The average Bonchev–Trinajstić information content (AvgIpc) is 2.94. The monoisotopic (exact) mass is 424 g/mol. The van der Waals surface area contributed by atoms with Gasteiger partial charge in [0.15, 0.2) is 0 Å². The van der Waals surface area contributed by atoms with Crippen molar-refractivity contribution in [2.75, 3.05) is 6.54 Å². The van der Waals surface area contributed by atoms with E-state index in [-0.39, 0.29) is 18.0 Å². The van der Waals surface area contributed by atoms with Crippen molar-refractivity contribution in [3.05, 3.63) is 35.9 Å². The lowest BCUT2D eigenvalue weighted by atomic mass is 9.53. The molecule has 0 unspecified atom stereocenters. The van der Waals surface area contributed by atoms with Crippen molar-refractivity contribution in [2.24, 2.45) is 17.8 Å². The molecule has 1 aromatic rings. The van der Waals surface area contributed by atoms with Crippen LogP contribution >= 0.6 is 0 Å². The number of hydrogen-bond donors (Lipinski definition) is 3. The molecule has 0 radical (unpaired) electrons. The number of rotatable bonds is 7. The van der Waals surface area contributed by atoms with Crippen molar-refractivity contribution in [1.29, 1.82) is 0 Å². The highest BCUT2D eigenvalue weighted by Crippen LogP contribution is 2.55. The summed E-state index contributed by atoms with van der Waals surface area (Å²) in [6, 6.07) is 9.29. The first-order chi connectivity index (χ1) is 14.8. The van der Waals surface area contributed by atoms with Gasteiger partial charge in [0.25, 0.3) is 11.8 Å². The van der Waals surface area contributed by atoms with Crippen LogP contribution in [0.15, 0.2) is 30.3 Å². The van der Waals surface area contributed by atoms with E-state index in [1.165, 1.54) is 19.3 Å². The maximum Gasteiger partial charge on any atom is 0.344 e. The van der Waals surface area contributed by atoms with E-state index in [4.69, 9.17) is 0 Å².